The number of hydrogen-bond donors (Lipinski definition) is 0. The smallest absolute Gasteiger partial charge is 0.261 e. The van der Waals surface area contributed by atoms with Gasteiger partial charge in [-0.05, 0) is 44.0 Å². The van der Waals surface area contributed by atoms with Crippen molar-refractivity contribution >= 4 is 62.2 Å². The second-order valence-electron chi connectivity index (χ2n) is 7.68. The number of carbonyl (C=O) groups excluding carboxylic acids is 1. The molecule has 0 saturated carbocycles. The van der Waals surface area contributed by atoms with E-state index in [-0.39, 0.29) is 18.0 Å². The lowest BCUT2D eigenvalue weighted by atomic mass is 10.0. The third kappa shape index (κ3) is 4.16. The summed E-state index contributed by atoms with van der Waals surface area (Å²) in [5.74, 6) is -0.130. The van der Waals surface area contributed by atoms with E-state index in [1.54, 1.807) is 17.0 Å². The molecule has 0 radical (unpaired) electrons. The normalized spacial score (nSPS) is 11.2. The monoisotopic (exact) mass is 486 g/mol. The summed E-state index contributed by atoms with van der Waals surface area (Å²) >= 11 is 13.6. The number of benzene rings is 2. The number of anilines is 2. The Morgan fingerprint density at radius 2 is 1.81 bits per heavy atom. The van der Waals surface area contributed by atoms with Crippen LogP contribution in [0.15, 0.2) is 40.8 Å². The van der Waals surface area contributed by atoms with Crippen LogP contribution < -0.4 is 10.5 Å². The molecule has 9 heteroatoms. The molecule has 0 fully saturated rings. The minimum Gasteiger partial charge on any atom is -0.293 e. The summed E-state index contributed by atoms with van der Waals surface area (Å²) in [6, 6.07) is 7.20. The molecule has 2 aromatic heterocycles. The third-order valence-electron chi connectivity index (χ3n) is 5.08. The molecule has 0 aliphatic carbocycles. The number of aromatic nitrogens is 3. The van der Waals surface area contributed by atoms with E-state index in [1.165, 1.54) is 29.2 Å². The Hall–Kier alpha value is -2.74. The predicted molar refractivity (Wildman–Crippen MR) is 131 cm³/mol. The summed E-state index contributed by atoms with van der Waals surface area (Å²) in [5.41, 5.74) is 4.76. The highest BCUT2D eigenvalue weighted by Gasteiger charge is 2.22. The quantitative estimate of drug-likeness (QED) is 0.364. The molecule has 0 aliphatic heterocycles. The van der Waals surface area contributed by atoms with Gasteiger partial charge in [0.1, 0.15) is 0 Å². The maximum absolute atomic E-state index is 12.9. The van der Waals surface area contributed by atoms with Gasteiger partial charge in [-0.3, -0.25) is 19.1 Å². The van der Waals surface area contributed by atoms with Gasteiger partial charge in [0.2, 0.25) is 5.91 Å². The van der Waals surface area contributed by atoms with Crippen molar-refractivity contribution < 1.29 is 4.79 Å². The molecule has 4 aromatic rings. The van der Waals surface area contributed by atoms with Crippen molar-refractivity contribution in [1.82, 2.24) is 14.5 Å². The van der Waals surface area contributed by atoms with Crippen molar-refractivity contribution in [3.05, 3.63) is 78.8 Å². The van der Waals surface area contributed by atoms with Gasteiger partial charge in [0.15, 0.2) is 5.13 Å². The van der Waals surface area contributed by atoms with Gasteiger partial charge in [-0.1, -0.05) is 40.9 Å². The van der Waals surface area contributed by atoms with E-state index in [4.69, 9.17) is 23.2 Å². The minimum absolute atomic E-state index is 0.130. The summed E-state index contributed by atoms with van der Waals surface area (Å²) in [6.45, 7) is 7.72. The van der Waals surface area contributed by atoms with E-state index >= 15 is 0 Å². The molecule has 2 heterocycles. The van der Waals surface area contributed by atoms with E-state index in [2.05, 4.69) is 9.97 Å². The zero-order valence-electron chi connectivity index (χ0n) is 17.9. The molecule has 0 bridgehead atoms. The number of halogens is 2. The van der Waals surface area contributed by atoms with E-state index in [1.807, 2.05) is 38.3 Å². The van der Waals surface area contributed by atoms with Crippen LogP contribution in [0.4, 0.5) is 10.8 Å². The Morgan fingerprint density at radius 1 is 1.12 bits per heavy atom. The van der Waals surface area contributed by atoms with E-state index in [0.29, 0.717) is 31.8 Å². The van der Waals surface area contributed by atoms with Gasteiger partial charge in [0.25, 0.3) is 5.56 Å². The van der Waals surface area contributed by atoms with E-state index in [9.17, 15) is 9.59 Å². The zero-order valence-corrected chi connectivity index (χ0v) is 20.3. The van der Waals surface area contributed by atoms with Crippen LogP contribution in [-0.2, 0) is 11.3 Å². The molecular formula is C23H20Cl2N4O2S. The Labute approximate surface area is 199 Å². The minimum atomic E-state index is -0.261. The van der Waals surface area contributed by atoms with Crippen molar-refractivity contribution in [2.45, 2.75) is 34.2 Å². The lowest BCUT2D eigenvalue weighted by Gasteiger charge is -2.23. The van der Waals surface area contributed by atoms with Gasteiger partial charge in [-0.15, -0.1) is 11.3 Å². The van der Waals surface area contributed by atoms with Crippen LogP contribution in [0.5, 0.6) is 0 Å². The van der Waals surface area contributed by atoms with Crippen LogP contribution in [0.3, 0.4) is 0 Å². The fraction of sp³-hybridized carbons (Fsp3) is 0.217. The largest absolute Gasteiger partial charge is 0.293 e. The zero-order chi connectivity index (χ0) is 23.2. The SMILES string of the molecule is CC(=O)N(c1nc(Cn2cnc3c(Cl)cc(Cl)cc3c2=O)cs1)c1c(C)cc(C)cc1C. The first-order chi connectivity index (χ1) is 15.2. The lowest BCUT2D eigenvalue weighted by molar-refractivity contribution is -0.115. The molecule has 4 rings (SSSR count). The Bertz CT molecular complexity index is 1400. The molecule has 32 heavy (non-hydrogen) atoms. The number of aryl methyl sites for hydroxylation is 3. The highest BCUT2D eigenvalue weighted by Crippen LogP contribution is 2.34. The second kappa shape index (κ2) is 8.65. The molecule has 2 aromatic carbocycles. The summed E-state index contributed by atoms with van der Waals surface area (Å²) in [7, 11) is 0. The van der Waals surface area contributed by atoms with E-state index < -0.39 is 0 Å². The molecule has 164 valence electrons. The number of nitrogens with zero attached hydrogens (tertiary/aromatic N) is 4. The van der Waals surface area contributed by atoms with Crippen molar-refractivity contribution in [1.29, 1.82) is 0 Å². The lowest BCUT2D eigenvalue weighted by Crippen LogP contribution is -2.25. The molecule has 6 nitrogen and oxygen atoms in total. The third-order valence-corrected chi connectivity index (χ3v) is 6.46. The average Bonchev–Trinajstić information content (AvgIpc) is 3.14. The first-order valence-electron chi connectivity index (χ1n) is 9.83. The van der Waals surface area contributed by atoms with Crippen molar-refractivity contribution in [3.63, 3.8) is 0 Å². The molecule has 1 amide bonds. The topological polar surface area (TPSA) is 68.1 Å². The van der Waals surface area contributed by atoms with Crippen LogP contribution in [0.1, 0.15) is 29.3 Å². The Balaban J connectivity index is 1.72. The van der Waals surface area contributed by atoms with Crippen LogP contribution in [0, 0.1) is 20.8 Å². The van der Waals surface area contributed by atoms with Crippen LogP contribution in [0.2, 0.25) is 10.0 Å². The van der Waals surface area contributed by atoms with Gasteiger partial charge in [-0.25, -0.2) is 9.97 Å². The number of carbonyl (C=O) groups is 1. The first-order valence-corrected chi connectivity index (χ1v) is 11.5. The molecule has 0 aliphatic rings. The molecule has 0 atom stereocenters. The van der Waals surface area contributed by atoms with Crippen molar-refractivity contribution in [2.24, 2.45) is 0 Å². The number of hydrogen-bond acceptors (Lipinski definition) is 5. The number of amides is 1. The fourth-order valence-electron chi connectivity index (χ4n) is 3.87. The predicted octanol–water partition coefficient (Wildman–Crippen LogP) is 5.82. The number of rotatable bonds is 4. The van der Waals surface area contributed by atoms with Gasteiger partial charge in [0, 0.05) is 17.3 Å². The molecule has 0 spiro atoms. The molecule has 0 saturated heterocycles. The number of thiazole rings is 1. The second-order valence-corrected chi connectivity index (χ2v) is 9.36. The summed E-state index contributed by atoms with van der Waals surface area (Å²) < 4.78 is 1.45. The Kier molecular flexibility index (Phi) is 6.07. The summed E-state index contributed by atoms with van der Waals surface area (Å²) in [5, 5.41) is 3.43. The fourth-order valence-corrected chi connectivity index (χ4v) is 5.27. The van der Waals surface area contributed by atoms with Gasteiger partial charge in [-0.2, -0.15) is 0 Å². The van der Waals surface area contributed by atoms with Gasteiger partial charge < -0.3 is 0 Å². The van der Waals surface area contributed by atoms with Crippen molar-refractivity contribution in [2.75, 3.05) is 4.90 Å². The van der Waals surface area contributed by atoms with Crippen LogP contribution in [0.25, 0.3) is 10.9 Å². The molecule has 0 unspecified atom stereocenters. The average molecular weight is 487 g/mol. The van der Waals surface area contributed by atoms with Crippen LogP contribution in [-0.4, -0.2) is 20.4 Å². The Morgan fingerprint density at radius 3 is 2.47 bits per heavy atom. The maximum Gasteiger partial charge on any atom is 0.261 e. The first kappa shape index (κ1) is 22.5. The maximum atomic E-state index is 12.9. The van der Waals surface area contributed by atoms with E-state index in [0.717, 1.165) is 22.4 Å². The summed E-state index contributed by atoms with van der Waals surface area (Å²) in [4.78, 5) is 36.1. The highest BCUT2D eigenvalue weighted by molar-refractivity contribution is 7.14. The van der Waals surface area contributed by atoms with Gasteiger partial charge in [0.05, 0.1) is 40.2 Å². The number of fused-ring (bicyclic) bond motifs is 1. The van der Waals surface area contributed by atoms with Gasteiger partial charge >= 0.3 is 0 Å². The molecule has 0 N–H and O–H groups in total. The summed E-state index contributed by atoms with van der Waals surface area (Å²) in [6.07, 6.45) is 1.44. The molecular weight excluding hydrogens is 467 g/mol. The van der Waals surface area contributed by atoms with Crippen LogP contribution >= 0.6 is 34.5 Å². The standard InChI is InChI=1S/C23H20Cl2N4O2S/c1-12-5-13(2)21(14(3)6-12)29(15(4)30)23-27-17(10-32-23)9-28-11-26-20-18(22(28)31)7-16(24)8-19(20)25/h5-8,10-11H,9H2,1-4H3. The highest BCUT2D eigenvalue weighted by atomic mass is 35.5. The van der Waals surface area contributed by atoms with Crippen molar-refractivity contribution in [3.8, 4) is 0 Å².